The fourth-order valence-corrected chi connectivity index (χ4v) is 2.99. The highest BCUT2D eigenvalue weighted by Crippen LogP contribution is 2.41. The minimum Gasteiger partial charge on any atom is -0.0632 e. The van der Waals surface area contributed by atoms with Crippen molar-refractivity contribution in [3.63, 3.8) is 0 Å². The van der Waals surface area contributed by atoms with E-state index in [1.54, 1.807) is 5.56 Å². The van der Waals surface area contributed by atoms with Gasteiger partial charge < -0.3 is 0 Å². The average molecular weight is 286 g/mol. The SMILES string of the molecule is BC(C)(C)c1cc(C(C)C)cc(C(C)(C)C)c1C(C)(C)C. The van der Waals surface area contributed by atoms with Crippen LogP contribution in [0.25, 0.3) is 0 Å². The first-order valence-electron chi connectivity index (χ1n) is 8.35. The summed E-state index contributed by atoms with van der Waals surface area (Å²) in [5, 5.41) is 0.174. The van der Waals surface area contributed by atoms with Gasteiger partial charge in [-0.15, -0.1) is 0 Å². The maximum absolute atomic E-state index is 2.46. The summed E-state index contributed by atoms with van der Waals surface area (Å²) in [6.07, 6.45) is 0. The standard InChI is InChI=1S/C20H35B/c1-13(2)14-11-15(18(3,4)5)17(19(6,7)8)16(12-14)20(9,10)21/h11-13H,21H2,1-10H3. The molecule has 0 fully saturated rings. The molecule has 0 aliphatic carbocycles. The number of rotatable bonds is 2. The normalized spacial score (nSPS) is 13.9. The molecule has 0 saturated heterocycles. The second kappa shape index (κ2) is 5.49. The summed E-state index contributed by atoms with van der Waals surface area (Å²) in [6.45, 7) is 23.3. The topological polar surface area (TPSA) is 0 Å². The van der Waals surface area contributed by atoms with E-state index in [2.05, 4.69) is 89.2 Å². The summed E-state index contributed by atoms with van der Waals surface area (Å²) in [4.78, 5) is 0. The first-order valence-corrected chi connectivity index (χ1v) is 8.35. The quantitative estimate of drug-likeness (QED) is 0.649. The molecule has 21 heavy (non-hydrogen) atoms. The van der Waals surface area contributed by atoms with Crippen molar-refractivity contribution in [2.45, 2.75) is 91.3 Å². The highest BCUT2D eigenvalue weighted by atomic mass is 14.4. The van der Waals surface area contributed by atoms with Crippen LogP contribution >= 0.6 is 0 Å². The number of hydrogen-bond acceptors (Lipinski definition) is 0. The van der Waals surface area contributed by atoms with Crippen LogP contribution in [-0.2, 0) is 16.1 Å². The Balaban J connectivity index is 3.88. The molecule has 0 radical (unpaired) electrons. The second-order valence-corrected chi connectivity index (χ2v) is 9.90. The molecule has 0 spiro atoms. The van der Waals surface area contributed by atoms with E-state index in [1.165, 1.54) is 16.7 Å². The molecule has 1 heteroatoms. The van der Waals surface area contributed by atoms with E-state index < -0.39 is 0 Å². The van der Waals surface area contributed by atoms with Gasteiger partial charge in [-0.1, -0.05) is 81.4 Å². The molecule has 0 N–H and O–H groups in total. The van der Waals surface area contributed by atoms with Crippen LogP contribution in [0.3, 0.4) is 0 Å². The van der Waals surface area contributed by atoms with Crippen LogP contribution in [0.2, 0.25) is 0 Å². The van der Waals surface area contributed by atoms with E-state index in [-0.39, 0.29) is 16.1 Å². The zero-order chi connectivity index (χ0) is 16.8. The van der Waals surface area contributed by atoms with Crippen molar-refractivity contribution < 1.29 is 0 Å². The average Bonchev–Trinajstić information content (AvgIpc) is 2.23. The zero-order valence-electron chi connectivity index (χ0n) is 16.2. The van der Waals surface area contributed by atoms with Crippen molar-refractivity contribution in [1.29, 1.82) is 0 Å². The molecular formula is C20H35B. The molecule has 0 atom stereocenters. The van der Waals surface area contributed by atoms with Crippen LogP contribution in [-0.4, -0.2) is 7.85 Å². The molecule has 1 aromatic carbocycles. The van der Waals surface area contributed by atoms with Crippen molar-refractivity contribution in [1.82, 2.24) is 0 Å². The number of benzene rings is 1. The number of hydrogen-bond donors (Lipinski definition) is 0. The van der Waals surface area contributed by atoms with Crippen LogP contribution in [0.4, 0.5) is 0 Å². The molecule has 0 nitrogen and oxygen atoms in total. The second-order valence-electron chi connectivity index (χ2n) is 9.90. The highest BCUT2D eigenvalue weighted by molar-refractivity contribution is 6.15. The van der Waals surface area contributed by atoms with E-state index >= 15 is 0 Å². The van der Waals surface area contributed by atoms with E-state index in [1.807, 2.05) is 0 Å². The van der Waals surface area contributed by atoms with Gasteiger partial charge in [0.05, 0.1) is 0 Å². The van der Waals surface area contributed by atoms with Crippen LogP contribution in [0.15, 0.2) is 12.1 Å². The van der Waals surface area contributed by atoms with Gasteiger partial charge in [-0.3, -0.25) is 0 Å². The maximum Gasteiger partial charge on any atom is 0.114 e. The lowest BCUT2D eigenvalue weighted by molar-refractivity contribution is 0.516. The lowest BCUT2D eigenvalue weighted by Crippen LogP contribution is -2.30. The molecule has 118 valence electrons. The van der Waals surface area contributed by atoms with Crippen LogP contribution in [0, 0.1) is 0 Å². The van der Waals surface area contributed by atoms with Crippen molar-refractivity contribution in [2.24, 2.45) is 0 Å². The van der Waals surface area contributed by atoms with E-state index in [4.69, 9.17) is 0 Å². The fourth-order valence-electron chi connectivity index (χ4n) is 2.99. The van der Waals surface area contributed by atoms with Gasteiger partial charge in [0.2, 0.25) is 0 Å². The molecule has 0 heterocycles. The summed E-state index contributed by atoms with van der Waals surface area (Å²) in [5.74, 6) is 0.571. The Morgan fingerprint density at radius 3 is 1.48 bits per heavy atom. The Labute approximate surface area is 134 Å². The van der Waals surface area contributed by atoms with Crippen LogP contribution < -0.4 is 0 Å². The predicted octanol–water partition coefficient (Wildman–Crippen LogP) is 5.27. The zero-order valence-corrected chi connectivity index (χ0v) is 16.2. The Morgan fingerprint density at radius 2 is 1.19 bits per heavy atom. The van der Waals surface area contributed by atoms with E-state index in [0.717, 1.165) is 0 Å². The smallest absolute Gasteiger partial charge is 0.0632 e. The Morgan fingerprint density at radius 1 is 0.762 bits per heavy atom. The molecule has 0 aromatic heterocycles. The molecule has 0 aliphatic heterocycles. The van der Waals surface area contributed by atoms with Gasteiger partial charge in [-0.2, -0.15) is 0 Å². The fraction of sp³-hybridized carbons (Fsp3) is 0.700. The third-order valence-electron chi connectivity index (χ3n) is 4.19. The summed E-state index contributed by atoms with van der Waals surface area (Å²) < 4.78 is 0. The van der Waals surface area contributed by atoms with Crippen molar-refractivity contribution >= 4 is 7.85 Å². The van der Waals surface area contributed by atoms with Crippen LogP contribution in [0.1, 0.15) is 97.4 Å². The van der Waals surface area contributed by atoms with Gasteiger partial charge in [0, 0.05) is 0 Å². The lowest BCUT2D eigenvalue weighted by Gasteiger charge is -2.37. The van der Waals surface area contributed by atoms with Gasteiger partial charge in [0.15, 0.2) is 0 Å². The minimum atomic E-state index is 0.167. The molecule has 1 aromatic rings. The van der Waals surface area contributed by atoms with Crippen molar-refractivity contribution in [2.75, 3.05) is 0 Å². The van der Waals surface area contributed by atoms with E-state index in [0.29, 0.717) is 5.92 Å². The maximum atomic E-state index is 2.46. The summed E-state index contributed by atoms with van der Waals surface area (Å²) in [5.41, 5.74) is 6.40. The molecule has 0 amide bonds. The molecule has 0 bridgehead atoms. The molecular weight excluding hydrogens is 251 g/mol. The Bertz CT molecular complexity index is 467. The largest absolute Gasteiger partial charge is 0.114 e. The van der Waals surface area contributed by atoms with Crippen molar-refractivity contribution in [3.05, 3.63) is 34.4 Å². The molecule has 1 rings (SSSR count). The minimum absolute atomic E-state index is 0.167. The Hall–Kier alpha value is -0.715. The van der Waals surface area contributed by atoms with E-state index in [9.17, 15) is 0 Å². The van der Waals surface area contributed by atoms with Crippen LogP contribution in [0.5, 0.6) is 0 Å². The first-order chi connectivity index (χ1) is 9.15. The summed E-state index contributed by atoms with van der Waals surface area (Å²) >= 11 is 0. The molecule has 0 aliphatic rings. The van der Waals surface area contributed by atoms with Gasteiger partial charge in [0.25, 0.3) is 0 Å². The first kappa shape index (κ1) is 18.3. The van der Waals surface area contributed by atoms with Gasteiger partial charge in [-0.05, 0) is 44.3 Å². The Kier molecular flexibility index (Phi) is 4.79. The third-order valence-corrected chi connectivity index (χ3v) is 4.19. The van der Waals surface area contributed by atoms with Crippen molar-refractivity contribution in [3.8, 4) is 0 Å². The summed E-state index contributed by atoms with van der Waals surface area (Å²) in [7, 11) is 2.34. The monoisotopic (exact) mass is 286 g/mol. The highest BCUT2D eigenvalue weighted by Gasteiger charge is 2.32. The molecule has 0 saturated carbocycles. The summed E-state index contributed by atoms with van der Waals surface area (Å²) in [6, 6.07) is 4.92. The van der Waals surface area contributed by atoms with Gasteiger partial charge in [-0.25, -0.2) is 0 Å². The van der Waals surface area contributed by atoms with Gasteiger partial charge in [0.1, 0.15) is 7.85 Å². The lowest BCUT2D eigenvalue weighted by atomic mass is 9.60. The molecule has 0 unspecified atom stereocenters. The predicted molar refractivity (Wildman–Crippen MR) is 99.5 cm³/mol. The van der Waals surface area contributed by atoms with Gasteiger partial charge >= 0.3 is 0 Å². The third kappa shape index (κ3) is 4.14.